The second-order valence-corrected chi connectivity index (χ2v) is 14.8. The predicted molar refractivity (Wildman–Crippen MR) is 140 cm³/mol. The Bertz CT molecular complexity index is 804. The minimum atomic E-state index is -5.45. The van der Waals surface area contributed by atoms with Gasteiger partial charge in [-0.3, -0.25) is 0 Å². The molecule has 0 aromatic carbocycles. The Labute approximate surface area is 234 Å². The molecule has 0 fully saturated rings. The molecule has 39 heavy (non-hydrogen) atoms. The van der Waals surface area contributed by atoms with E-state index in [4.69, 9.17) is 23.4 Å². The number of hydrogen-bond donors (Lipinski definition) is 0. The summed E-state index contributed by atoms with van der Waals surface area (Å²) in [7, 11) is 0. The van der Waals surface area contributed by atoms with E-state index >= 15 is 0 Å². The molecule has 0 aromatic rings. The molecule has 0 saturated carbocycles. The van der Waals surface area contributed by atoms with Crippen LogP contribution in [0.2, 0.25) is 4.44 Å². The van der Waals surface area contributed by atoms with E-state index in [0.717, 1.165) is 62.1 Å². The van der Waals surface area contributed by atoms with Crippen molar-refractivity contribution in [1.82, 2.24) is 0 Å². The van der Waals surface area contributed by atoms with Crippen LogP contribution in [0.1, 0.15) is 66.2 Å². The van der Waals surface area contributed by atoms with E-state index in [1.807, 2.05) is 0 Å². The average Bonchev–Trinajstić information content (AvgIpc) is 2.87. The molecule has 0 rings (SSSR count). The van der Waals surface area contributed by atoms with Crippen LogP contribution in [0.15, 0.2) is 36.5 Å². The Morgan fingerprint density at radius 3 is 1.10 bits per heavy atom. The SMILES string of the molecule is CCCCCCC[CH2][Sn]([O]C(=O)C=CC(=O)OCC)([O]C(=O)/C=C\C(=O)OCC)[O]C(=O)/C=C\C(=O)OCC. The second-order valence-electron chi connectivity index (χ2n) is 7.72. The van der Waals surface area contributed by atoms with Gasteiger partial charge in [0, 0.05) is 0 Å². The van der Waals surface area contributed by atoms with E-state index in [2.05, 4.69) is 6.92 Å². The molecule has 0 amide bonds. The van der Waals surface area contributed by atoms with Gasteiger partial charge in [0.25, 0.3) is 0 Å². The molecule has 0 aromatic heterocycles. The molecule has 0 aliphatic heterocycles. The summed E-state index contributed by atoms with van der Waals surface area (Å²) in [4.78, 5) is 72.5. The van der Waals surface area contributed by atoms with Crippen molar-refractivity contribution in [2.24, 2.45) is 0 Å². The third kappa shape index (κ3) is 18.7. The Hall–Kier alpha value is -3.16. The van der Waals surface area contributed by atoms with Gasteiger partial charge in [0.05, 0.1) is 0 Å². The fourth-order valence-electron chi connectivity index (χ4n) is 2.88. The molecule has 13 heteroatoms. The van der Waals surface area contributed by atoms with Gasteiger partial charge in [0.2, 0.25) is 0 Å². The molecule has 0 unspecified atom stereocenters. The van der Waals surface area contributed by atoms with Gasteiger partial charge >= 0.3 is 235 Å². The van der Waals surface area contributed by atoms with Crippen molar-refractivity contribution in [3.8, 4) is 0 Å². The molecular weight excluding hydrogens is 623 g/mol. The van der Waals surface area contributed by atoms with E-state index in [1.165, 1.54) is 0 Å². The van der Waals surface area contributed by atoms with Crippen molar-refractivity contribution < 1.29 is 52.2 Å². The third-order valence-electron chi connectivity index (χ3n) is 4.53. The molecule has 12 nitrogen and oxygen atoms in total. The maximum absolute atomic E-state index is 12.6. The van der Waals surface area contributed by atoms with Crippen LogP contribution in [0.4, 0.5) is 0 Å². The molecule has 0 saturated heterocycles. The van der Waals surface area contributed by atoms with E-state index < -0.39 is 55.4 Å². The van der Waals surface area contributed by atoms with Crippen LogP contribution < -0.4 is 0 Å². The Balaban J connectivity index is 6.03. The summed E-state index contributed by atoms with van der Waals surface area (Å²) < 4.78 is 30.4. The average molecular weight is 661 g/mol. The molecule has 0 heterocycles. The number of esters is 3. The molecule has 0 radical (unpaired) electrons. The topological polar surface area (TPSA) is 158 Å². The first kappa shape index (κ1) is 35.8. The summed E-state index contributed by atoms with van der Waals surface area (Å²) in [6.45, 7) is 7.05. The zero-order valence-electron chi connectivity index (χ0n) is 22.9. The number of hydrogen-bond acceptors (Lipinski definition) is 12. The van der Waals surface area contributed by atoms with Crippen LogP contribution in [-0.2, 0) is 52.2 Å². The third-order valence-corrected chi connectivity index (χ3v) is 11.7. The maximum atomic E-state index is 12.6. The zero-order chi connectivity index (χ0) is 29.5. The van der Waals surface area contributed by atoms with Gasteiger partial charge in [0.1, 0.15) is 0 Å². The number of unbranched alkanes of at least 4 members (excludes halogenated alkanes) is 5. The van der Waals surface area contributed by atoms with Crippen LogP contribution in [0.3, 0.4) is 0 Å². The number of rotatable bonds is 19. The number of carbonyl (C=O) groups is 6. The summed E-state index contributed by atoms with van der Waals surface area (Å²) in [5, 5.41) is 0. The second kappa shape index (κ2) is 21.7. The summed E-state index contributed by atoms with van der Waals surface area (Å²) >= 11 is -5.45. The van der Waals surface area contributed by atoms with E-state index in [9.17, 15) is 28.8 Å². The van der Waals surface area contributed by atoms with Crippen molar-refractivity contribution in [3.05, 3.63) is 36.5 Å². The molecule has 0 bridgehead atoms. The Morgan fingerprint density at radius 2 is 0.769 bits per heavy atom. The number of ether oxygens (including phenoxy) is 3. The van der Waals surface area contributed by atoms with Gasteiger partial charge in [-0.1, -0.05) is 0 Å². The van der Waals surface area contributed by atoms with E-state index in [0.29, 0.717) is 12.8 Å². The van der Waals surface area contributed by atoms with Gasteiger partial charge in [-0.25, -0.2) is 0 Å². The fraction of sp³-hybridized carbons (Fsp3) is 0.538. The first-order valence-corrected chi connectivity index (χ1v) is 18.4. The summed E-state index contributed by atoms with van der Waals surface area (Å²) in [5.74, 6) is -5.74. The molecule has 0 spiro atoms. The first-order chi connectivity index (χ1) is 18.6. The van der Waals surface area contributed by atoms with Gasteiger partial charge < -0.3 is 0 Å². The number of carbonyl (C=O) groups excluding carboxylic acids is 6. The minimum absolute atomic E-state index is 0.0717. The van der Waals surface area contributed by atoms with Gasteiger partial charge in [-0.15, -0.1) is 0 Å². The summed E-state index contributed by atoms with van der Waals surface area (Å²) in [5.41, 5.74) is 0. The van der Waals surface area contributed by atoms with Crippen molar-refractivity contribution in [2.75, 3.05) is 19.8 Å². The van der Waals surface area contributed by atoms with Crippen LogP contribution in [-0.4, -0.2) is 75.3 Å². The quantitative estimate of drug-likeness (QED) is 0.0655. The molecule has 0 aliphatic rings. The van der Waals surface area contributed by atoms with E-state index in [-0.39, 0.29) is 24.3 Å². The molecular formula is C26H38O12Sn. The van der Waals surface area contributed by atoms with Crippen molar-refractivity contribution in [1.29, 1.82) is 0 Å². The van der Waals surface area contributed by atoms with Crippen LogP contribution >= 0.6 is 0 Å². The monoisotopic (exact) mass is 662 g/mol. The van der Waals surface area contributed by atoms with Crippen molar-refractivity contribution in [2.45, 2.75) is 70.7 Å². The van der Waals surface area contributed by atoms with Gasteiger partial charge in [0.15, 0.2) is 0 Å². The van der Waals surface area contributed by atoms with Crippen molar-refractivity contribution in [3.63, 3.8) is 0 Å². The summed E-state index contributed by atoms with van der Waals surface area (Å²) in [6, 6.07) is 0. The standard InChI is InChI=1S/C8H17.3C6H8O4.Sn/c1-3-5-7-8-6-4-2;3*1-2-10-6(9)4-3-5(7)8;/h1,3-8H2,2H3;3*3-4H,2H2,1H3,(H,7,8);/q;;;;+3/p-3/b;2*4-3-;;. The van der Waals surface area contributed by atoms with E-state index in [1.54, 1.807) is 20.8 Å². The Morgan fingerprint density at radius 1 is 0.462 bits per heavy atom. The molecule has 0 aliphatic carbocycles. The van der Waals surface area contributed by atoms with Crippen LogP contribution in [0, 0.1) is 0 Å². The fourth-order valence-corrected chi connectivity index (χ4v) is 9.27. The van der Waals surface area contributed by atoms with Crippen LogP contribution in [0.5, 0.6) is 0 Å². The molecule has 0 N–H and O–H groups in total. The Kier molecular flexibility index (Phi) is 20.0. The first-order valence-electron chi connectivity index (χ1n) is 12.8. The van der Waals surface area contributed by atoms with Crippen molar-refractivity contribution >= 4 is 55.4 Å². The normalized spacial score (nSPS) is 11.4. The predicted octanol–water partition coefficient (Wildman–Crippen LogP) is 3.27. The molecule has 218 valence electrons. The van der Waals surface area contributed by atoms with Gasteiger partial charge in [-0.2, -0.15) is 0 Å². The summed E-state index contributed by atoms with van der Waals surface area (Å²) in [6.07, 6.45) is 9.66. The van der Waals surface area contributed by atoms with Crippen LogP contribution in [0.25, 0.3) is 0 Å². The zero-order valence-corrected chi connectivity index (χ0v) is 25.8. The van der Waals surface area contributed by atoms with Gasteiger partial charge in [-0.05, 0) is 0 Å². The molecule has 0 atom stereocenters.